The summed E-state index contributed by atoms with van der Waals surface area (Å²) < 4.78 is 43.5. The van der Waals surface area contributed by atoms with Crippen LogP contribution in [-0.4, -0.2) is 28.3 Å². The normalized spacial score (nSPS) is 13.8. The molecule has 4 aromatic carbocycles. The number of carbonyl (C=O) groups is 2. The van der Waals surface area contributed by atoms with E-state index in [2.05, 4.69) is 0 Å². The zero-order chi connectivity index (χ0) is 25.4. The molecule has 0 saturated heterocycles. The highest BCUT2D eigenvalue weighted by atomic mass is 19.4. The first-order chi connectivity index (χ1) is 17.2. The minimum atomic E-state index is -4.49. The molecule has 7 heteroatoms. The Bertz CT molecular complexity index is 1750. The molecule has 0 aliphatic carbocycles. The van der Waals surface area contributed by atoms with Gasteiger partial charge in [0.05, 0.1) is 33.4 Å². The van der Waals surface area contributed by atoms with Crippen molar-refractivity contribution in [3.63, 3.8) is 0 Å². The molecule has 0 saturated carbocycles. The number of alkyl halides is 3. The summed E-state index contributed by atoms with van der Waals surface area (Å²) in [5.41, 5.74) is 3.12. The Morgan fingerprint density at radius 1 is 0.722 bits per heavy atom. The predicted octanol–water partition coefficient (Wildman–Crippen LogP) is 7.00. The highest BCUT2D eigenvalue weighted by Crippen LogP contribution is 2.41. The van der Waals surface area contributed by atoms with Gasteiger partial charge in [-0.3, -0.25) is 14.5 Å². The summed E-state index contributed by atoms with van der Waals surface area (Å²) >= 11 is 0. The van der Waals surface area contributed by atoms with Crippen LogP contribution in [0.5, 0.6) is 0 Å². The van der Waals surface area contributed by atoms with Gasteiger partial charge in [0, 0.05) is 17.8 Å². The lowest BCUT2D eigenvalue weighted by atomic mass is 9.96. The van der Waals surface area contributed by atoms with E-state index in [1.54, 1.807) is 49.4 Å². The van der Waals surface area contributed by atoms with E-state index in [0.29, 0.717) is 27.9 Å². The zero-order valence-electron chi connectivity index (χ0n) is 19.4. The second kappa shape index (κ2) is 7.55. The van der Waals surface area contributed by atoms with E-state index < -0.39 is 11.7 Å². The van der Waals surface area contributed by atoms with Crippen LogP contribution in [0.15, 0.2) is 78.9 Å². The molecule has 178 valence electrons. The van der Waals surface area contributed by atoms with E-state index in [-0.39, 0.29) is 17.4 Å². The lowest BCUT2D eigenvalue weighted by molar-refractivity contribution is -0.137. The van der Waals surface area contributed by atoms with Gasteiger partial charge in [0.25, 0.3) is 11.8 Å². The summed E-state index contributed by atoms with van der Waals surface area (Å²) in [4.78, 5) is 26.7. The number of rotatable bonds is 2. The van der Waals surface area contributed by atoms with Crippen molar-refractivity contribution >= 4 is 33.6 Å². The number of aryl methyl sites for hydroxylation is 1. The Morgan fingerprint density at radius 3 is 2.25 bits per heavy atom. The number of carbonyl (C=O) groups excluding carboxylic acids is 2. The van der Waals surface area contributed by atoms with E-state index in [1.165, 1.54) is 13.1 Å². The fourth-order valence-corrected chi connectivity index (χ4v) is 5.11. The molecule has 5 aromatic rings. The molecule has 2 amide bonds. The van der Waals surface area contributed by atoms with Crippen LogP contribution in [0.25, 0.3) is 38.6 Å². The molecule has 0 fully saturated rings. The van der Waals surface area contributed by atoms with Crippen LogP contribution < -0.4 is 0 Å². The highest BCUT2D eigenvalue weighted by molar-refractivity contribution is 6.23. The number of aromatic nitrogens is 1. The predicted molar refractivity (Wildman–Crippen MR) is 132 cm³/mol. The van der Waals surface area contributed by atoms with Gasteiger partial charge in [0.15, 0.2) is 0 Å². The summed E-state index contributed by atoms with van der Waals surface area (Å²) in [5.74, 6) is -0.749. The molecule has 36 heavy (non-hydrogen) atoms. The van der Waals surface area contributed by atoms with Gasteiger partial charge in [-0.1, -0.05) is 48.0 Å². The van der Waals surface area contributed by atoms with Crippen molar-refractivity contribution in [3.05, 3.63) is 101 Å². The van der Waals surface area contributed by atoms with Crippen LogP contribution in [0.2, 0.25) is 0 Å². The van der Waals surface area contributed by atoms with Crippen LogP contribution in [0.1, 0.15) is 31.8 Å². The molecule has 0 radical (unpaired) electrons. The SMILES string of the molecule is Cc1ccc(-c2ccc3c(c2)c2ccccc2n3-c2cccc3c2C(=O)N(C)C3=O)c(C(F)(F)F)c1. The Kier molecular flexibility index (Phi) is 4.64. The van der Waals surface area contributed by atoms with Crippen molar-refractivity contribution in [3.8, 4) is 16.8 Å². The molecule has 1 aliphatic rings. The first-order valence-corrected chi connectivity index (χ1v) is 11.3. The average Bonchev–Trinajstić information content (AvgIpc) is 3.30. The summed E-state index contributed by atoms with van der Waals surface area (Å²) in [6.45, 7) is 1.64. The van der Waals surface area contributed by atoms with E-state index in [0.717, 1.165) is 32.8 Å². The molecule has 2 heterocycles. The van der Waals surface area contributed by atoms with Crippen molar-refractivity contribution in [1.82, 2.24) is 9.47 Å². The molecule has 1 aliphatic heterocycles. The second-order valence-electron chi connectivity index (χ2n) is 9.00. The molecule has 0 spiro atoms. The quantitative estimate of drug-likeness (QED) is 0.253. The van der Waals surface area contributed by atoms with Gasteiger partial charge in [-0.25, -0.2) is 0 Å². The molecular formula is C29H19F3N2O2. The number of imide groups is 1. The molecule has 6 rings (SSSR count). The van der Waals surface area contributed by atoms with Gasteiger partial charge in [0.2, 0.25) is 0 Å². The van der Waals surface area contributed by atoms with Crippen LogP contribution >= 0.6 is 0 Å². The zero-order valence-corrected chi connectivity index (χ0v) is 19.4. The molecule has 0 unspecified atom stereocenters. The number of nitrogens with zero attached hydrogens (tertiary/aromatic N) is 2. The van der Waals surface area contributed by atoms with Crippen LogP contribution in [-0.2, 0) is 6.18 Å². The lowest BCUT2D eigenvalue weighted by Crippen LogP contribution is -2.24. The largest absolute Gasteiger partial charge is 0.417 e. The summed E-state index contributed by atoms with van der Waals surface area (Å²) in [5, 5.41) is 1.58. The smallest absolute Gasteiger partial charge is 0.308 e. The molecule has 0 N–H and O–H groups in total. The van der Waals surface area contributed by atoms with Crippen molar-refractivity contribution in [2.45, 2.75) is 13.1 Å². The average molecular weight is 484 g/mol. The maximum absolute atomic E-state index is 13.9. The molecule has 4 nitrogen and oxygen atoms in total. The van der Waals surface area contributed by atoms with Crippen LogP contribution in [0.4, 0.5) is 13.2 Å². The van der Waals surface area contributed by atoms with Gasteiger partial charge in [-0.2, -0.15) is 13.2 Å². The van der Waals surface area contributed by atoms with E-state index in [4.69, 9.17) is 0 Å². The van der Waals surface area contributed by atoms with E-state index in [9.17, 15) is 22.8 Å². The Balaban J connectivity index is 1.66. The first kappa shape index (κ1) is 22.1. The number of halogens is 3. The van der Waals surface area contributed by atoms with E-state index in [1.807, 2.05) is 28.8 Å². The third-order valence-electron chi connectivity index (χ3n) is 6.80. The van der Waals surface area contributed by atoms with Gasteiger partial charge >= 0.3 is 6.18 Å². The maximum atomic E-state index is 13.9. The maximum Gasteiger partial charge on any atom is 0.417 e. The summed E-state index contributed by atoms with van der Waals surface area (Å²) in [7, 11) is 1.45. The standard InChI is InChI=1S/C29H19F3N2O2/c1-16-10-12-18(22(14-16)29(30,31)32)17-11-13-24-21(15-17)19-6-3-4-8-23(19)34(24)25-9-5-7-20-26(25)28(36)33(2)27(20)35/h3-15H,1-2H3. The second-order valence-corrected chi connectivity index (χ2v) is 9.00. The third-order valence-corrected chi connectivity index (χ3v) is 6.80. The molecule has 0 bridgehead atoms. The van der Waals surface area contributed by atoms with Crippen molar-refractivity contribution < 1.29 is 22.8 Å². The minimum Gasteiger partial charge on any atom is -0.308 e. The van der Waals surface area contributed by atoms with Gasteiger partial charge in [0.1, 0.15) is 0 Å². The number of para-hydroxylation sites is 1. The van der Waals surface area contributed by atoms with Gasteiger partial charge < -0.3 is 4.57 Å². The number of benzene rings is 4. The molecular weight excluding hydrogens is 465 g/mol. The number of fused-ring (bicyclic) bond motifs is 4. The number of amides is 2. The van der Waals surface area contributed by atoms with Crippen molar-refractivity contribution in [1.29, 1.82) is 0 Å². The van der Waals surface area contributed by atoms with Gasteiger partial charge in [-0.15, -0.1) is 0 Å². The topological polar surface area (TPSA) is 42.3 Å². The number of hydrogen-bond donors (Lipinski definition) is 0. The highest BCUT2D eigenvalue weighted by Gasteiger charge is 2.36. The van der Waals surface area contributed by atoms with Crippen molar-refractivity contribution in [2.24, 2.45) is 0 Å². The monoisotopic (exact) mass is 484 g/mol. The van der Waals surface area contributed by atoms with Crippen LogP contribution in [0.3, 0.4) is 0 Å². The van der Waals surface area contributed by atoms with Crippen molar-refractivity contribution in [2.75, 3.05) is 7.05 Å². The van der Waals surface area contributed by atoms with Gasteiger partial charge in [-0.05, 0) is 54.4 Å². The Hall–Kier alpha value is -4.39. The lowest BCUT2D eigenvalue weighted by Gasteiger charge is -2.15. The fraction of sp³-hybridized carbons (Fsp3) is 0.103. The summed E-state index contributed by atoms with van der Waals surface area (Å²) in [6.07, 6.45) is -4.49. The third kappa shape index (κ3) is 3.09. The van der Waals surface area contributed by atoms with E-state index >= 15 is 0 Å². The molecule has 0 atom stereocenters. The number of hydrogen-bond acceptors (Lipinski definition) is 2. The Labute approximate surface area is 204 Å². The first-order valence-electron chi connectivity index (χ1n) is 11.3. The minimum absolute atomic E-state index is 0.106. The Morgan fingerprint density at radius 2 is 1.47 bits per heavy atom. The fourth-order valence-electron chi connectivity index (χ4n) is 5.11. The van der Waals surface area contributed by atoms with Crippen LogP contribution in [0, 0.1) is 6.92 Å². The molecule has 1 aromatic heterocycles. The summed E-state index contributed by atoms with van der Waals surface area (Å²) in [6, 6.07) is 22.2.